The van der Waals surface area contributed by atoms with E-state index in [0.717, 1.165) is 37.3 Å². The number of carbonyl (C=O) groups is 1. The molecule has 4 nitrogen and oxygen atoms in total. The van der Waals surface area contributed by atoms with E-state index in [-0.39, 0.29) is 18.6 Å². The predicted octanol–water partition coefficient (Wildman–Crippen LogP) is 4.23. The van der Waals surface area contributed by atoms with Crippen LogP contribution in [0.25, 0.3) is 0 Å². The first-order valence-electron chi connectivity index (χ1n) is 8.68. The number of carbonyl (C=O) groups excluding carboxylic acids is 1. The molecule has 1 amide bonds. The molecule has 3 rings (SSSR count). The molecule has 2 fully saturated rings. The van der Waals surface area contributed by atoms with Crippen LogP contribution in [0.1, 0.15) is 44.9 Å². The number of halogens is 1. The van der Waals surface area contributed by atoms with Crippen LogP contribution in [-0.2, 0) is 9.53 Å². The van der Waals surface area contributed by atoms with Crippen molar-refractivity contribution in [1.82, 2.24) is 0 Å². The Morgan fingerprint density at radius 2 is 1.91 bits per heavy atom. The van der Waals surface area contributed by atoms with Gasteiger partial charge in [0.25, 0.3) is 0 Å². The number of nitrogens with zero attached hydrogens (tertiary/aromatic N) is 1. The SMILES string of the molecule is O=C(COC1CCCC1)Nc1ccc(N2CCCCC2)c(Cl)c1. The molecule has 0 spiro atoms. The maximum atomic E-state index is 12.0. The highest BCUT2D eigenvalue weighted by atomic mass is 35.5. The molecule has 1 saturated heterocycles. The topological polar surface area (TPSA) is 41.6 Å². The van der Waals surface area contributed by atoms with Gasteiger partial charge in [-0.1, -0.05) is 24.4 Å². The number of amides is 1. The van der Waals surface area contributed by atoms with E-state index in [0.29, 0.717) is 5.02 Å². The summed E-state index contributed by atoms with van der Waals surface area (Å²) in [6.45, 7) is 2.23. The normalized spacial score (nSPS) is 19.1. The molecule has 0 unspecified atom stereocenters. The van der Waals surface area contributed by atoms with E-state index < -0.39 is 0 Å². The molecule has 126 valence electrons. The van der Waals surface area contributed by atoms with Gasteiger partial charge in [0.1, 0.15) is 6.61 Å². The van der Waals surface area contributed by atoms with Gasteiger partial charge in [-0.3, -0.25) is 4.79 Å². The van der Waals surface area contributed by atoms with Crippen LogP contribution in [-0.4, -0.2) is 31.7 Å². The van der Waals surface area contributed by atoms with Gasteiger partial charge in [-0.25, -0.2) is 0 Å². The van der Waals surface area contributed by atoms with E-state index in [4.69, 9.17) is 16.3 Å². The van der Waals surface area contributed by atoms with Gasteiger partial charge in [-0.05, 0) is 50.3 Å². The average Bonchev–Trinajstić information content (AvgIpc) is 3.07. The van der Waals surface area contributed by atoms with Gasteiger partial charge in [0, 0.05) is 18.8 Å². The minimum absolute atomic E-state index is 0.112. The molecule has 1 N–H and O–H groups in total. The summed E-state index contributed by atoms with van der Waals surface area (Å²) >= 11 is 6.40. The molecule has 0 aromatic heterocycles. The van der Waals surface area contributed by atoms with Crippen molar-refractivity contribution >= 4 is 28.9 Å². The summed E-state index contributed by atoms with van der Waals surface area (Å²) in [5.74, 6) is -0.112. The Labute approximate surface area is 143 Å². The third-order valence-electron chi connectivity index (χ3n) is 4.68. The fraction of sp³-hybridized carbons (Fsp3) is 0.611. The van der Waals surface area contributed by atoms with Crippen molar-refractivity contribution in [3.05, 3.63) is 23.2 Å². The summed E-state index contributed by atoms with van der Waals surface area (Å²) < 4.78 is 5.63. The zero-order valence-electron chi connectivity index (χ0n) is 13.5. The summed E-state index contributed by atoms with van der Waals surface area (Å²) in [5, 5.41) is 3.57. The van der Waals surface area contributed by atoms with Gasteiger partial charge in [-0.2, -0.15) is 0 Å². The lowest BCUT2D eigenvalue weighted by Gasteiger charge is -2.29. The zero-order chi connectivity index (χ0) is 16.1. The van der Waals surface area contributed by atoms with Crippen LogP contribution < -0.4 is 10.2 Å². The molecule has 1 aromatic rings. The Kier molecular flexibility index (Phi) is 5.79. The van der Waals surface area contributed by atoms with Crippen LogP contribution in [0, 0.1) is 0 Å². The first kappa shape index (κ1) is 16.6. The highest BCUT2D eigenvalue weighted by Gasteiger charge is 2.17. The number of ether oxygens (including phenoxy) is 1. The monoisotopic (exact) mass is 336 g/mol. The Balaban J connectivity index is 1.53. The first-order chi connectivity index (χ1) is 11.2. The zero-order valence-corrected chi connectivity index (χ0v) is 14.3. The van der Waals surface area contributed by atoms with Crippen LogP contribution in [0.5, 0.6) is 0 Å². The van der Waals surface area contributed by atoms with Crippen molar-refractivity contribution in [3.63, 3.8) is 0 Å². The van der Waals surface area contributed by atoms with Gasteiger partial charge in [0.15, 0.2) is 0 Å². The Morgan fingerprint density at radius 3 is 2.61 bits per heavy atom. The molecule has 1 heterocycles. The van der Waals surface area contributed by atoms with E-state index in [1.165, 1.54) is 32.1 Å². The third kappa shape index (κ3) is 4.61. The number of hydrogen-bond acceptors (Lipinski definition) is 3. The average molecular weight is 337 g/mol. The van der Waals surface area contributed by atoms with Gasteiger partial charge >= 0.3 is 0 Å². The number of rotatable bonds is 5. The number of nitrogens with one attached hydrogen (secondary N) is 1. The number of hydrogen-bond donors (Lipinski definition) is 1. The minimum atomic E-state index is -0.112. The second kappa shape index (κ2) is 8.02. The van der Waals surface area contributed by atoms with Crippen LogP contribution in [0.2, 0.25) is 5.02 Å². The van der Waals surface area contributed by atoms with Crippen LogP contribution >= 0.6 is 11.6 Å². The van der Waals surface area contributed by atoms with E-state index >= 15 is 0 Å². The predicted molar refractivity (Wildman–Crippen MR) is 94.4 cm³/mol. The van der Waals surface area contributed by atoms with E-state index in [2.05, 4.69) is 10.2 Å². The van der Waals surface area contributed by atoms with Crippen molar-refractivity contribution in [3.8, 4) is 0 Å². The molecular weight excluding hydrogens is 312 g/mol. The highest BCUT2D eigenvalue weighted by molar-refractivity contribution is 6.33. The van der Waals surface area contributed by atoms with Crippen molar-refractivity contribution in [2.75, 3.05) is 29.9 Å². The fourth-order valence-corrected chi connectivity index (χ4v) is 3.72. The molecule has 1 aromatic carbocycles. The van der Waals surface area contributed by atoms with Crippen LogP contribution in [0.3, 0.4) is 0 Å². The molecule has 1 saturated carbocycles. The molecule has 2 aliphatic rings. The van der Waals surface area contributed by atoms with Gasteiger partial charge in [0.05, 0.1) is 16.8 Å². The minimum Gasteiger partial charge on any atom is -0.370 e. The largest absolute Gasteiger partial charge is 0.370 e. The maximum Gasteiger partial charge on any atom is 0.250 e. The number of benzene rings is 1. The first-order valence-corrected chi connectivity index (χ1v) is 9.06. The van der Waals surface area contributed by atoms with E-state index in [1.54, 1.807) is 0 Å². The quantitative estimate of drug-likeness (QED) is 0.875. The molecule has 1 aliphatic carbocycles. The Bertz CT molecular complexity index is 538. The van der Waals surface area contributed by atoms with Crippen molar-refractivity contribution in [1.29, 1.82) is 0 Å². The summed E-state index contributed by atoms with van der Waals surface area (Å²) in [5.41, 5.74) is 1.79. The fourth-order valence-electron chi connectivity index (χ4n) is 3.42. The molecular formula is C18H25ClN2O2. The summed E-state index contributed by atoms with van der Waals surface area (Å²) in [7, 11) is 0. The molecule has 0 bridgehead atoms. The Morgan fingerprint density at radius 1 is 1.17 bits per heavy atom. The molecule has 0 atom stereocenters. The second-order valence-electron chi connectivity index (χ2n) is 6.48. The smallest absolute Gasteiger partial charge is 0.250 e. The van der Waals surface area contributed by atoms with Gasteiger partial charge in [0.2, 0.25) is 5.91 Å². The third-order valence-corrected chi connectivity index (χ3v) is 4.98. The number of piperidine rings is 1. The van der Waals surface area contributed by atoms with Gasteiger partial charge in [-0.15, -0.1) is 0 Å². The van der Waals surface area contributed by atoms with Crippen molar-refractivity contribution < 1.29 is 9.53 Å². The van der Waals surface area contributed by atoms with Crippen molar-refractivity contribution in [2.24, 2.45) is 0 Å². The lowest BCUT2D eigenvalue weighted by molar-refractivity contribution is -0.122. The lowest BCUT2D eigenvalue weighted by Crippen LogP contribution is -2.29. The van der Waals surface area contributed by atoms with Crippen molar-refractivity contribution in [2.45, 2.75) is 51.0 Å². The summed E-state index contributed by atoms with van der Waals surface area (Å²) in [6.07, 6.45) is 8.54. The molecule has 1 aliphatic heterocycles. The van der Waals surface area contributed by atoms with E-state index in [9.17, 15) is 4.79 Å². The maximum absolute atomic E-state index is 12.0. The summed E-state index contributed by atoms with van der Waals surface area (Å²) in [4.78, 5) is 14.3. The molecule has 23 heavy (non-hydrogen) atoms. The highest BCUT2D eigenvalue weighted by Crippen LogP contribution is 2.30. The number of anilines is 2. The summed E-state index contributed by atoms with van der Waals surface area (Å²) in [6, 6.07) is 5.75. The lowest BCUT2D eigenvalue weighted by atomic mass is 10.1. The van der Waals surface area contributed by atoms with Gasteiger partial charge < -0.3 is 15.0 Å². The second-order valence-corrected chi connectivity index (χ2v) is 6.89. The standard InChI is InChI=1S/C18H25ClN2O2/c19-16-12-14(8-9-17(16)21-10-4-1-5-11-21)20-18(22)13-23-15-6-2-3-7-15/h8-9,12,15H,1-7,10-11,13H2,(H,20,22). The molecule has 0 radical (unpaired) electrons. The molecule has 5 heteroatoms. The van der Waals surface area contributed by atoms with Crippen LogP contribution in [0.15, 0.2) is 18.2 Å². The Hall–Kier alpha value is -1.26. The van der Waals surface area contributed by atoms with Crippen LogP contribution in [0.4, 0.5) is 11.4 Å². The van der Waals surface area contributed by atoms with E-state index in [1.807, 2.05) is 18.2 Å².